The molecule has 0 saturated heterocycles. The summed E-state index contributed by atoms with van der Waals surface area (Å²) in [6, 6.07) is 12.7. The van der Waals surface area contributed by atoms with E-state index in [4.69, 9.17) is 5.73 Å². The Hall–Kier alpha value is -0.770. The molecule has 0 saturated carbocycles. The lowest BCUT2D eigenvalue weighted by Crippen LogP contribution is -2.11. The second kappa shape index (κ2) is 5.53. The summed E-state index contributed by atoms with van der Waals surface area (Å²) in [5, 5.41) is 2.08. The Morgan fingerprint density at radius 2 is 2.06 bits per heavy atom. The molecule has 0 aliphatic heterocycles. The maximum Gasteiger partial charge on any atom is 0.0485 e. The van der Waals surface area contributed by atoms with Crippen molar-refractivity contribution in [2.24, 2.45) is 5.73 Å². The first kappa shape index (κ1) is 11.7. The Bertz CT molecular complexity index is 437. The molecule has 2 aromatic rings. The number of benzene rings is 1. The van der Waals surface area contributed by atoms with Crippen LogP contribution in [-0.2, 0) is 0 Å². The second-order valence-electron chi connectivity index (χ2n) is 3.70. The van der Waals surface area contributed by atoms with Crippen molar-refractivity contribution in [3.63, 3.8) is 0 Å². The summed E-state index contributed by atoms with van der Waals surface area (Å²) in [5.41, 5.74) is 7.45. The van der Waals surface area contributed by atoms with Crippen molar-refractivity contribution in [1.29, 1.82) is 0 Å². The number of rotatable bonds is 4. The third-order valence-corrected chi connectivity index (χ3v) is 4.72. The van der Waals surface area contributed by atoms with E-state index >= 15 is 0 Å². The Balaban J connectivity index is 1.95. The number of aryl methyl sites for hydroxylation is 1. The topological polar surface area (TPSA) is 26.0 Å². The molecule has 0 aliphatic carbocycles. The minimum atomic E-state index is 0.143. The molecule has 0 spiro atoms. The van der Waals surface area contributed by atoms with E-state index in [0.29, 0.717) is 0 Å². The molecule has 0 fully saturated rings. The number of thiophene rings is 1. The molecule has 1 aromatic carbocycles. The first-order chi connectivity index (χ1) is 7.77. The predicted octanol–water partition coefficient (Wildman–Crippen LogP) is 3.85. The molecule has 1 heterocycles. The summed E-state index contributed by atoms with van der Waals surface area (Å²) in [7, 11) is 0. The van der Waals surface area contributed by atoms with Gasteiger partial charge < -0.3 is 5.73 Å². The summed E-state index contributed by atoms with van der Waals surface area (Å²) in [6.07, 6.45) is 0. The molecular formula is C13H15NS2. The summed E-state index contributed by atoms with van der Waals surface area (Å²) >= 11 is 3.57. The minimum Gasteiger partial charge on any atom is -0.323 e. The van der Waals surface area contributed by atoms with E-state index in [2.05, 4.69) is 48.7 Å². The average Bonchev–Trinajstić information content (AvgIpc) is 2.81. The van der Waals surface area contributed by atoms with Crippen LogP contribution < -0.4 is 5.73 Å². The van der Waals surface area contributed by atoms with Crippen molar-refractivity contribution in [2.75, 3.05) is 5.75 Å². The smallest absolute Gasteiger partial charge is 0.0485 e. The third kappa shape index (κ3) is 2.88. The highest BCUT2D eigenvalue weighted by Crippen LogP contribution is 2.27. The number of hydrogen-bond acceptors (Lipinski definition) is 3. The largest absolute Gasteiger partial charge is 0.323 e. The van der Waals surface area contributed by atoms with Gasteiger partial charge in [-0.05, 0) is 30.0 Å². The van der Waals surface area contributed by atoms with Gasteiger partial charge in [0.25, 0.3) is 0 Å². The normalized spacial score (nSPS) is 12.6. The van der Waals surface area contributed by atoms with Crippen LogP contribution in [0.15, 0.2) is 46.7 Å². The van der Waals surface area contributed by atoms with Crippen LogP contribution in [0.2, 0.25) is 0 Å². The SMILES string of the molecule is Cc1ccccc1SCC(N)c1cccs1. The lowest BCUT2D eigenvalue weighted by Gasteiger charge is -2.10. The molecule has 2 N–H and O–H groups in total. The van der Waals surface area contributed by atoms with Crippen LogP contribution in [0, 0.1) is 6.92 Å². The Morgan fingerprint density at radius 3 is 2.75 bits per heavy atom. The van der Waals surface area contributed by atoms with Crippen LogP contribution >= 0.6 is 23.1 Å². The molecule has 3 heteroatoms. The zero-order valence-corrected chi connectivity index (χ0v) is 10.9. The van der Waals surface area contributed by atoms with Gasteiger partial charge in [-0.25, -0.2) is 0 Å². The molecule has 0 amide bonds. The fourth-order valence-electron chi connectivity index (χ4n) is 1.48. The maximum atomic E-state index is 6.13. The van der Waals surface area contributed by atoms with E-state index in [-0.39, 0.29) is 6.04 Å². The summed E-state index contributed by atoms with van der Waals surface area (Å²) < 4.78 is 0. The Kier molecular flexibility index (Phi) is 4.04. The van der Waals surface area contributed by atoms with Gasteiger partial charge in [-0.15, -0.1) is 23.1 Å². The van der Waals surface area contributed by atoms with Gasteiger partial charge in [-0.2, -0.15) is 0 Å². The molecule has 16 heavy (non-hydrogen) atoms. The molecule has 0 aliphatic rings. The minimum absolute atomic E-state index is 0.143. The maximum absolute atomic E-state index is 6.13. The molecule has 0 bridgehead atoms. The van der Waals surface area contributed by atoms with Crippen LogP contribution in [-0.4, -0.2) is 5.75 Å². The fourth-order valence-corrected chi connectivity index (χ4v) is 3.33. The quantitative estimate of drug-likeness (QED) is 0.833. The zero-order chi connectivity index (χ0) is 11.4. The van der Waals surface area contributed by atoms with E-state index < -0.39 is 0 Å². The van der Waals surface area contributed by atoms with Crippen LogP contribution in [0.5, 0.6) is 0 Å². The molecule has 84 valence electrons. The lowest BCUT2D eigenvalue weighted by molar-refractivity contribution is 0.852. The van der Waals surface area contributed by atoms with Crippen molar-refractivity contribution in [1.82, 2.24) is 0 Å². The van der Waals surface area contributed by atoms with Crippen molar-refractivity contribution in [2.45, 2.75) is 17.9 Å². The van der Waals surface area contributed by atoms with Gasteiger partial charge in [-0.3, -0.25) is 0 Å². The van der Waals surface area contributed by atoms with Crippen LogP contribution in [0.4, 0.5) is 0 Å². The van der Waals surface area contributed by atoms with E-state index in [1.165, 1.54) is 15.3 Å². The molecular weight excluding hydrogens is 234 g/mol. The Morgan fingerprint density at radius 1 is 1.25 bits per heavy atom. The summed E-state index contributed by atoms with van der Waals surface area (Å²) in [6.45, 7) is 2.14. The van der Waals surface area contributed by atoms with Gasteiger partial charge in [0, 0.05) is 21.6 Å². The number of hydrogen-bond donors (Lipinski definition) is 1. The lowest BCUT2D eigenvalue weighted by atomic mass is 10.2. The first-order valence-electron chi connectivity index (χ1n) is 5.25. The van der Waals surface area contributed by atoms with Crippen molar-refractivity contribution in [3.05, 3.63) is 52.2 Å². The van der Waals surface area contributed by atoms with Gasteiger partial charge in [0.2, 0.25) is 0 Å². The predicted molar refractivity (Wildman–Crippen MR) is 73.2 cm³/mol. The van der Waals surface area contributed by atoms with Crippen molar-refractivity contribution >= 4 is 23.1 Å². The highest BCUT2D eigenvalue weighted by molar-refractivity contribution is 7.99. The molecule has 2 rings (SSSR count). The average molecular weight is 249 g/mol. The fraction of sp³-hybridized carbons (Fsp3) is 0.231. The highest BCUT2D eigenvalue weighted by Gasteiger charge is 2.08. The van der Waals surface area contributed by atoms with Crippen molar-refractivity contribution in [3.8, 4) is 0 Å². The highest BCUT2D eigenvalue weighted by atomic mass is 32.2. The van der Waals surface area contributed by atoms with E-state index in [1.54, 1.807) is 11.3 Å². The van der Waals surface area contributed by atoms with E-state index in [1.807, 2.05) is 11.8 Å². The van der Waals surface area contributed by atoms with Gasteiger partial charge >= 0.3 is 0 Å². The van der Waals surface area contributed by atoms with E-state index in [0.717, 1.165) is 5.75 Å². The molecule has 1 nitrogen and oxygen atoms in total. The van der Waals surface area contributed by atoms with Gasteiger partial charge in [0.1, 0.15) is 0 Å². The van der Waals surface area contributed by atoms with Gasteiger partial charge in [0.15, 0.2) is 0 Å². The third-order valence-electron chi connectivity index (χ3n) is 2.42. The first-order valence-corrected chi connectivity index (χ1v) is 7.11. The molecule has 1 atom stereocenters. The molecule has 1 unspecified atom stereocenters. The van der Waals surface area contributed by atoms with E-state index in [9.17, 15) is 0 Å². The molecule has 0 radical (unpaired) electrons. The zero-order valence-electron chi connectivity index (χ0n) is 9.22. The number of nitrogens with two attached hydrogens (primary N) is 1. The summed E-state index contributed by atoms with van der Waals surface area (Å²) in [4.78, 5) is 2.59. The monoisotopic (exact) mass is 249 g/mol. The van der Waals surface area contributed by atoms with Crippen LogP contribution in [0.3, 0.4) is 0 Å². The second-order valence-corrected chi connectivity index (χ2v) is 5.74. The van der Waals surface area contributed by atoms with Crippen molar-refractivity contribution < 1.29 is 0 Å². The van der Waals surface area contributed by atoms with Gasteiger partial charge in [0.05, 0.1) is 0 Å². The van der Waals surface area contributed by atoms with Crippen LogP contribution in [0.1, 0.15) is 16.5 Å². The van der Waals surface area contributed by atoms with Gasteiger partial charge in [-0.1, -0.05) is 24.3 Å². The van der Waals surface area contributed by atoms with Crippen LogP contribution in [0.25, 0.3) is 0 Å². The Labute approximate surface area is 105 Å². The number of thioether (sulfide) groups is 1. The standard InChI is InChI=1S/C13H15NS2/c1-10-5-2-3-6-12(10)16-9-11(14)13-7-4-8-15-13/h2-8,11H,9,14H2,1H3. The summed E-state index contributed by atoms with van der Waals surface area (Å²) in [5.74, 6) is 0.936. The molecule has 1 aromatic heterocycles.